The van der Waals surface area contributed by atoms with Crippen LogP contribution in [-0.4, -0.2) is 17.9 Å². The van der Waals surface area contributed by atoms with E-state index in [1.165, 1.54) is 6.92 Å². The molecule has 2 N–H and O–H groups in total. The number of hydrogen-bond donors (Lipinski definition) is 2. The van der Waals surface area contributed by atoms with Crippen molar-refractivity contribution in [3.8, 4) is 0 Å². The first-order valence-electron chi connectivity index (χ1n) is 5.63. The number of benzene rings is 1. The highest BCUT2D eigenvalue weighted by atomic mass is 16.2. The largest absolute Gasteiger partial charge is 0.344 e. The third-order valence-electron chi connectivity index (χ3n) is 2.35. The van der Waals surface area contributed by atoms with Crippen LogP contribution in [0.5, 0.6) is 0 Å². The molecule has 0 spiro atoms. The zero-order valence-corrected chi connectivity index (χ0v) is 10.4. The first-order valence-corrected chi connectivity index (χ1v) is 5.63. The molecule has 2 amide bonds. The molecule has 0 aliphatic heterocycles. The molecule has 0 saturated heterocycles. The van der Waals surface area contributed by atoms with Gasteiger partial charge in [0.2, 0.25) is 11.8 Å². The molecule has 0 radical (unpaired) electrons. The van der Waals surface area contributed by atoms with E-state index in [1.807, 2.05) is 44.2 Å². The number of anilines is 1. The van der Waals surface area contributed by atoms with Crippen molar-refractivity contribution in [3.63, 3.8) is 0 Å². The van der Waals surface area contributed by atoms with Crippen LogP contribution in [0, 0.1) is 5.92 Å². The normalized spacial score (nSPS) is 12.0. The molecule has 92 valence electrons. The van der Waals surface area contributed by atoms with Crippen molar-refractivity contribution < 1.29 is 9.59 Å². The zero-order valence-electron chi connectivity index (χ0n) is 10.4. The van der Waals surface area contributed by atoms with Crippen LogP contribution >= 0.6 is 0 Å². The summed E-state index contributed by atoms with van der Waals surface area (Å²) >= 11 is 0. The topological polar surface area (TPSA) is 58.2 Å². The molecule has 1 aromatic rings. The second kappa shape index (κ2) is 6.03. The average molecular weight is 234 g/mol. The van der Waals surface area contributed by atoms with Crippen molar-refractivity contribution in [1.82, 2.24) is 5.32 Å². The van der Waals surface area contributed by atoms with Crippen LogP contribution < -0.4 is 10.6 Å². The quantitative estimate of drug-likeness (QED) is 0.834. The van der Waals surface area contributed by atoms with Gasteiger partial charge in [-0.2, -0.15) is 0 Å². The van der Waals surface area contributed by atoms with Gasteiger partial charge in [0, 0.05) is 12.6 Å². The highest BCUT2D eigenvalue weighted by Gasteiger charge is 2.22. The molecule has 4 nitrogen and oxygen atoms in total. The highest BCUT2D eigenvalue weighted by molar-refractivity contribution is 5.97. The van der Waals surface area contributed by atoms with Gasteiger partial charge in [-0.1, -0.05) is 32.0 Å². The molecule has 1 atom stereocenters. The van der Waals surface area contributed by atoms with Crippen molar-refractivity contribution in [3.05, 3.63) is 30.3 Å². The maximum Gasteiger partial charge on any atom is 0.247 e. The summed E-state index contributed by atoms with van der Waals surface area (Å²) in [7, 11) is 0. The van der Waals surface area contributed by atoms with E-state index < -0.39 is 6.04 Å². The molecule has 1 aromatic carbocycles. The van der Waals surface area contributed by atoms with Gasteiger partial charge in [-0.05, 0) is 18.1 Å². The zero-order chi connectivity index (χ0) is 12.8. The Labute approximate surface area is 101 Å². The first kappa shape index (κ1) is 13.2. The summed E-state index contributed by atoms with van der Waals surface area (Å²) in [5, 5.41) is 5.42. The molecule has 1 rings (SSSR count). The molecule has 4 heteroatoms. The Morgan fingerprint density at radius 2 is 1.71 bits per heavy atom. The predicted octanol–water partition coefficient (Wildman–Crippen LogP) is 1.79. The van der Waals surface area contributed by atoms with Gasteiger partial charge >= 0.3 is 0 Å². The van der Waals surface area contributed by atoms with E-state index in [9.17, 15) is 9.59 Å². The van der Waals surface area contributed by atoms with E-state index in [0.717, 1.165) is 5.69 Å². The Morgan fingerprint density at radius 3 is 2.18 bits per heavy atom. The Morgan fingerprint density at radius 1 is 1.12 bits per heavy atom. The SMILES string of the molecule is CC(=O)N[C@@H](C(=O)Nc1ccccc1)C(C)C. The molecular formula is C13H18N2O2. The van der Waals surface area contributed by atoms with Crippen LogP contribution in [0.15, 0.2) is 30.3 Å². The van der Waals surface area contributed by atoms with Crippen molar-refractivity contribution in [2.45, 2.75) is 26.8 Å². The monoisotopic (exact) mass is 234 g/mol. The van der Waals surface area contributed by atoms with Gasteiger partial charge in [0.15, 0.2) is 0 Å². The standard InChI is InChI=1S/C13H18N2O2/c1-9(2)12(14-10(3)16)13(17)15-11-7-5-4-6-8-11/h4-9,12H,1-3H3,(H,14,16)(H,15,17)/t12-/m1/s1. The van der Waals surface area contributed by atoms with Crippen LogP contribution in [0.1, 0.15) is 20.8 Å². The molecule has 0 aromatic heterocycles. The van der Waals surface area contributed by atoms with E-state index in [0.29, 0.717) is 0 Å². The van der Waals surface area contributed by atoms with Gasteiger partial charge in [0.05, 0.1) is 0 Å². The van der Waals surface area contributed by atoms with Gasteiger partial charge in [0.25, 0.3) is 0 Å². The fraction of sp³-hybridized carbons (Fsp3) is 0.385. The van der Waals surface area contributed by atoms with E-state index in [1.54, 1.807) is 0 Å². The van der Waals surface area contributed by atoms with Crippen molar-refractivity contribution in [2.24, 2.45) is 5.92 Å². The maximum absolute atomic E-state index is 12.0. The second-order valence-electron chi connectivity index (χ2n) is 4.28. The summed E-state index contributed by atoms with van der Waals surface area (Å²) in [5.74, 6) is -0.351. The third-order valence-corrected chi connectivity index (χ3v) is 2.35. The molecule has 17 heavy (non-hydrogen) atoms. The number of hydrogen-bond acceptors (Lipinski definition) is 2. The second-order valence-corrected chi connectivity index (χ2v) is 4.28. The van der Waals surface area contributed by atoms with Gasteiger partial charge in [-0.25, -0.2) is 0 Å². The minimum absolute atomic E-state index is 0.0441. The minimum atomic E-state index is -0.507. The lowest BCUT2D eigenvalue weighted by molar-refractivity contribution is -0.126. The number of carbonyl (C=O) groups excluding carboxylic acids is 2. The molecule has 0 unspecified atom stereocenters. The van der Waals surface area contributed by atoms with Crippen molar-refractivity contribution >= 4 is 17.5 Å². The fourth-order valence-electron chi connectivity index (χ4n) is 1.50. The van der Waals surface area contributed by atoms with E-state index in [-0.39, 0.29) is 17.7 Å². The average Bonchev–Trinajstić information content (AvgIpc) is 2.26. The van der Waals surface area contributed by atoms with E-state index >= 15 is 0 Å². The van der Waals surface area contributed by atoms with Crippen LogP contribution in [0.2, 0.25) is 0 Å². The Kier molecular flexibility index (Phi) is 4.69. The number of carbonyl (C=O) groups is 2. The Hall–Kier alpha value is -1.84. The number of amides is 2. The van der Waals surface area contributed by atoms with Crippen LogP contribution in [0.4, 0.5) is 5.69 Å². The summed E-state index contributed by atoms with van der Waals surface area (Å²) in [4.78, 5) is 23.0. The number of nitrogens with one attached hydrogen (secondary N) is 2. The summed E-state index contributed by atoms with van der Waals surface area (Å²) in [6.45, 7) is 5.20. The Balaban J connectivity index is 2.69. The van der Waals surface area contributed by atoms with Crippen LogP contribution in [0.3, 0.4) is 0 Å². The lowest BCUT2D eigenvalue weighted by Crippen LogP contribution is -2.46. The Bertz CT molecular complexity index is 388. The summed E-state index contributed by atoms with van der Waals surface area (Å²) in [6.07, 6.45) is 0. The van der Waals surface area contributed by atoms with Crippen molar-refractivity contribution in [2.75, 3.05) is 5.32 Å². The van der Waals surface area contributed by atoms with Gasteiger partial charge < -0.3 is 10.6 Å². The third kappa shape index (κ3) is 4.26. The predicted molar refractivity (Wildman–Crippen MR) is 67.5 cm³/mol. The lowest BCUT2D eigenvalue weighted by Gasteiger charge is -2.20. The fourth-order valence-corrected chi connectivity index (χ4v) is 1.50. The van der Waals surface area contributed by atoms with Gasteiger partial charge in [0.1, 0.15) is 6.04 Å². The molecule has 0 aliphatic carbocycles. The summed E-state index contributed by atoms with van der Waals surface area (Å²) in [6, 6.07) is 8.68. The number of para-hydroxylation sites is 1. The van der Waals surface area contributed by atoms with E-state index in [2.05, 4.69) is 10.6 Å². The lowest BCUT2D eigenvalue weighted by atomic mass is 10.0. The molecule has 0 fully saturated rings. The summed E-state index contributed by atoms with van der Waals surface area (Å²) in [5.41, 5.74) is 0.730. The molecule has 0 heterocycles. The first-order chi connectivity index (χ1) is 8.00. The van der Waals surface area contributed by atoms with Crippen LogP contribution in [0.25, 0.3) is 0 Å². The smallest absolute Gasteiger partial charge is 0.247 e. The van der Waals surface area contributed by atoms with Crippen molar-refractivity contribution in [1.29, 1.82) is 0 Å². The summed E-state index contributed by atoms with van der Waals surface area (Å²) < 4.78 is 0. The van der Waals surface area contributed by atoms with Crippen LogP contribution in [-0.2, 0) is 9.59 Å². The van der Waals surface area contributed by atoms with E-state index in [4.69, 9.17) is 0 Å². The van der Waals surface area contributed by atoms with Gasteiger partial charge in [-0.3, -0.25) is 9.59 Å². The maximum atomic E-state index is 12.0. The molecule has 0 saturated carbocycles. The minimum Gasteiger partial charge on any atom is -0.344 e. The van der Waals surface area contributed by atoms with Gasteiger partial charge in [-0.15, -0.1) is 0 Å². The molecule has 0 bridgehead atoms. The molecular weight excluding hydrogens is 216 g/mol. The number of rotatable bonds is 4. The highest BCUT2D eigenvalue weighted by Crippen LogP contribution is 2.09. The molecule has 0 aliphatic rings.